The molecule has 3 heterocycles. The minimum atomic E-state index is -0.324. The number of methoxy groups -OCH3 is 2. The van der Waals surface area contributed by atoms with Gasteiger partial charge in [-0.25, -0.2) is 9.18 Å². The van der Waals surface area contributed by atoms with Gasteiger partial charge in [0.25, 0.3) is 0 Å². The van der Waals surface area contributed by atoms with Crippen molar-refractivity contribution in [2.75, 3.05) is 58.3 Å². The summed E-state index contributed by atoms with van der Waals surface area (Å²) in [5.74, 6) is 3.58. The Hall–Kier alpha value is -4.01. The molecular formula is C42H61FN6O6S. The van der Waals surface area contributed by atoms with E-state index in [1.54, 1.807) is 26.4 Å². The zero-order valence-electron chi connectivity index (χ0n) is 33.7. The van der Waals surface area contributed by atoms with E-state index >= 15 is 0 Å². The van der Waals surface area contributed by atoms with Crippen LogP contribution < -0.4 is 30.7 Å². The number of carbonyl (C=O) groups excluding carboxylic acids is 2. The Labute approximate surface area is 335 Å². The highest BCUT2D eigenvalue weighted by molar-refractivity contribution is 8.00. The van der Waals surface area contributed by atoms with Crippen molar-refractivity contribution in [2.45, 2.75) is 102 Å². The number of ether oxygens (including phenoxy) is 4. The average Bonchev–Trinajstić information content (AvgIpc) is 3.93. The standard InChI is InChI=1S/C34H43FN6O6S.C8H18/c1-44-27-17-21-16-25-32(24(21)19-28(27)45-2)41(40-33(25)37-23-7-5-6-22(35)18-23)11-13-47-15-14-46-12-10-36-30(42)9-4-3-8-29-31-26(20-48-29)38-34(43)39-31;1-4-6-8(3)7-5-2/h5-7,17-19,26,29,31H,3-4,8-16,20H2,1-2H3,(H,36,42)(H,37,40)(H2,38,39,43);8H,4-7H2,1-3H3. The van der Waals surface area contributed by atoms with Crippen molar-refractivity contribution in [1.82, 2.24) is 25.7 Å². The van der Waals surface area contributed by atoms with Gasteiger partial charge in [0.2, 0.25) is 5.91 Å². The first-order valence-corrected chi connectivity index (χ1v) is 21.3. The third-order valence-corrected chi connectivity index (χ3v) is 11.9. The lowest BCUT2D eigenvalue weighted by Gasteiger charge is -2.16. The monoisotopic (exact) mass is 796 g/mol. The molecule has 14 heteroatoms. The Bertz CT molecular complexity index is 1720. The number of hydrogen-bond donors (Lipinski definition) is 4. The van der Waals surface area contributed by atoms with E-state index in [1.807, 2.05) is 28.6 Å². The molecule has 56 heavy (non-hydrogen) atoms. The van der Waals surface area contributed by atoms with Gasteiger partial charge in [-0.1, -0.05) is 58.9 Å². The molecule has 2 aliphatic heterocycles. The Balaban J connectivity index is 0.000000677. The number of anilines is 2. The highest BCUT2D eigenvalue weighted by Gasteiger charge is 2.42. The van der Waals surface area contributed by atoms with Crippen molar-refractivity contribution >= 4 is 35.2 Å². The van der Waals surface area contributed by atoms with Gasteiger partial charge in [-0.2, -0.15) is 16.9 Å². The van der Waals surface area contributed by atoms with Crippen LogP contribution >= 0.6 is 11.8 Å². The lowest BCUT2D eigenvalue weighted by molar-refractivity contribution is -0.121. The summed E-state index contributed by atoms with van der Waals surface area (Å²) in [4.78, 5) is 23.7. The van der Waals surface area contributed by atoms with Gasteiger partial charge in [0.1, 0.15) is 5.82 Å². The van der Waals surface area contributed by atoms with Crippen LogP contribution in [0.3, 0.4) is 0 Å². The highest BCUT2D eigenvalue weighted by atomic mass is 32.2. The summed E-state index contributed by atoms with van der Waals surface area (Å²) in [6.45, 7) is 9.45. The van der Waals surface area contributed by atoms with E-state index in [-0.39, 0.29) is 29.8 Å². The van der Waals surface area contributed by atoms with Crippen LogP contribution in [0.2, 0.25) is 0 Å². The largest absolute Gasteiger partial charge is 0.493 e. The van der Waals surface area contributed by atoms with E-state index in [0.29, 0.717) is 80.6 Å². The Kier molecular flexibility index (Phi) is 17.0. The number of halogens is 1. The van der Waals surface area contributed by atoms with E-state index < -0.39 is 0 Å². The molecule has 3 aliphatic rings. The van der Waals surface area contributed by atoms with Gasteiger partial charge in [0.05, 0.1) is 65.0 Å². The van der Waals surface area contributed by atoms with Crippen molar-refractivity contribution in [3.8, 4) is 22.8 Å². The van der Waals surface area contributed by atoms with Gasteiger partial charge in [-0.3, -0.25) is 9.48 Å². The minimum Gasteiger partial charge on any atom is -0.493 e. The van der Waals surface area contributed by atoms with Crippen molar-refractivity contribution in [3.63, 3.8) is 0 Å². The number of unbranched alkanes of at least 4 members (excludes halogenated alkanes) is 1. The summed E-state index contributed by atoms with van der Waals surface area (Å²) in [7, 11) is 3.23. The van der Waals surface area contributed by atoms with Crippen LogP contribution in [0, 0.1) is 11.7 Å². The third kappa shape index (κ3) is 12.0. The van der Waals surface area contributed by atoms with Gasteiger partial charge in [0.15, 0.2) is 17.3 Å². The second-order valence-electron chi connectivity index (χ2n) is 14.7. The van der Waals surface area contributed by atoms with E-state index in [1.165, 1.54) is 37.8 Å². The number of rotatable bonds is 22. The second kappa shape index (κ2) is 22.1. The van der Waals surface area contributed by atoms with Crippen LogP contribution in [0.5, 0.6) is 11.5 Å². The number of nitrogens with zero attached hydrogens (tertiary/aromatic N) is 2. The number of hydrogen-bond acceptors (Lipinski definition) is 9. The maximum absolute atomic E-state index is 13.9. The molecule has 2 saturated heterocycles. The first-order chi connectivity index (χ1) is 27.2. The fourth-order valence-electron chi connectivity index (χ4n) is 7.64. The molecule has 2 aromatic carbocycles. The van der Waals surface area contributed by atoms with E-state index in [2.05, 4.69) is 42.0 Å². The first kappa shape index (κ1) is 43.1. The molecule has 0 spiro atoms. The predicted molar refractivity (Wildman–Crippen MR) is 221 cm³/mol. The fraction of sp³-hybridized carbons (Fsp3) is 0.595. The number of urea groups is 1. The van der Waals surface area contributed by atoms with Crippen LogP contribution in [0.15, 0.2) is 36.4 Å². The summed E-state index contributed by atoms with van der Waals surface area (Å²) in [5.41, 5.74) is 4.70. The molecule has 0 radical (unpaired) electrons. The van der Waals surface area contributed by atoms with Crippen LogP contribution in [-0.2, 0) is 27.2 Å². The van der Waals surface area contributed by atoms with Gasteiger partial charge < -0.3 is 40.2 Å². The molecule has 0 saturated carbocycles. The first-order valence-electron chi connectivity index (χ1n) is 20.2. The lowest BCUT2D eigenvalue weighted by Crippen LogP contribution is -2.36. The smallest absolute Gasteiger partial charge is 0.315 e. The Morgan fingerprint density at radius 2 is 1.77 bits per heavy atom. The molecular weight excluding hydrogens is 736 g/mol. The average molecular weight is 797 g/mol. The Morgan fingerprint density at radius 3 is 2.50 bits per heavy atom. The quantitative estimate of drug-likeness (QED) is 0.0472. The molecule has 3 aromatic rings. The molecule has 4 N–H and O–H groups in total. The predicted octanol–water partition coefficient (Wildman–Crippen LogP) is 7.45. The summed E-state index contributed by atoms with van der Waals surface area (Å²) in [6, 6.07) is 10.6. The number of amides is 3. The number of benzene rings is 2. The van der Waals surface area contributed by atoms with Crippen LogP contribution in [0.25, 0.3) is 11.3 Å². The second-order valence-corrected chi connectivity index (χ2v) is 16.0. The summed E-state index contributed by atoms with van der Waals surface area (Å²) in [6.07, 6.45) is 9.43. The van der Waals surface area contributed by atoms with Crippen molar-refractivity contribution in [2.24, 2.45) is 5.92 Å². The van der Waals surface area contributed by atoms with Crippen LogP contribution in [0.1, 0.15) is 83.3 Å². The topological polar surface area (TPSA) is 137 Å². The molecule has 2 fully saturated rings. The summed E-state index contributed by atoms with van der Waals surface area (Å²) in [5, 5.41) is 17.4. The molecule has 308 valence electrons. The number of thioether (sulfide) groups is 1. The van der Waals surface area contributed by atoms with Gasteiger partial charge >= 0.3 is 6.03 Å². The highest BCUT2D eigenvalue weighted by Crippen LogP contribution is 2.45. The molecule has 3 atom stereocenters. The number of fused-ring (bicyclic) bond motifs is 4. The van der Waals surface area contributed by atoms with E-state index in [9.17, 15) is 14.0 Å². The van der Waals surface area contributed by atoms with Gasteiger partial charge in [-0.05, 0) is 54.7 Å². The summed E-state index contributed by atoms with van der Waals surface area (Å²) < 4.78 is 38.4. The minimum absolute atomic E-state index is 0.0262. The molecule has 1 aromatic heterocycles. The lowest BCUT2D eigenvalue weighted by atomic mass is 10.0. The molecule has 3 amide bonds. The van der Waals surface area contributed by atoms with Crippen molar-refractivity contribution < 1.29 is 32.9 Å². The van der Waals surface area contributed by atoms with Crippen LogP contribution in [-0.4, -0.2) is 92.0 Å². The molecule has 12 nitrogen and oxygen atoms in total. The molecule has 6 rings (SSSR count). The maximum atomic E-state index is 13.9. The zero-order chi connectivity index (χ0) is 39.9. The zero-order valence-corrected chi connectivity index (χ0v) is 34.5. The third-order valence-electron chi connectivity index (χ3n) is 10.4. The molecule has 1 aliphatic carbocycles. The SMILES string of the molecule is CCCC(C)CCC.COc1cc2c(cc1OC)-c1c(c(Nc3cccc(F)c3)nn1CCOCCOCCNC(=O)CCCCC1SCC3NC(=O)NC31)C2. The number of nitrogens with one attached hydrogen (secondary N) is 4. The molecule has 3 unspecified atom stereocenters. The number of aromatic nitrogens is 2. The van der Waals surface area contributed by atoms with Crippen LogP contribution in [0.4, 0.5) is 20.7 Å². The van der Waals surface area contributed by atoms with E-state index in [0.717, 1.165) is 53.3 Å². The Morgan fingerprint density at radius 1 is 1.02 bits per heavy atom. The maximum Gasteiger partial charge on any atom is 0.315 e. The normalized spacial score (nSPS) is 17.7. The summed E-state index contributed by atoms with van der Waals surface area (Å²) >= 11 is 1.90. The van der Waals surface area contributed by atoms with Crippen molar-refractivity contribution in [3.05, 3.63) is 53.3 Å². The van der Waals surface area contributed by atoms with Gasteiger partial charge in [-0.15, -0.1) is 0 Å². The fourth-order valence-corrected chi connectivity index (χ4v) is 9.18. The van der Waals surface area contributed by atoms with E-state index in [4.69, 9.17) is 24.0 Å². The van der Waals surface area contributed by atoms with Gasteiger partial charge in [0, 0.05) is 47.2 Å². The van der Waals surface area contributed by atoms with Crippen molar-refractivity contribution in [1.29, 1.82) is 0 Å². The number of carbonyl (C=O) groups is 2. The molecule has 0 bridgehead atoms.